The fourth-order valence-corrected chi connectivity index (χ4v) is 3.19. The van der Waals surface area contributed by atoms with Crippen LogP contribution >= 0.6 is 0 Å². The van der Waals surface area contributed by atoms with Gasteiger partial charge in [0.15, 0.2) is 0 Å². The van der Waals surface area contributed by atoms with E-state index in [0.717, 1.165) is 38.1 Å². The van der Waals surface area contributed by atoms with Crippen LogP contribution in [0.4, 0.5) is 26.2 Å². The molecule has 2 aliphatic carbocycles. The first-order chi connectivity index (χ1) is 13.0. The van der Waals surface area contributed by atoms with Crippen molar-refractivity contribution in [3.8, 4) is 6.07 Å². The normalized spacial score (nSPS) is 25.1. The van der Waals surface area contributed by atoms with Crippen molar-refractivity contribution in [1.29, 1.82) is 5.26 Å². The van der Waals surface area contributed by atoms with Crippen LogP contribution in [0.1, 0.15) is 57.3 Å². The van der Waals surface area contributed by atoms with Crippen LogP contribution in [0, 0.1) is 23.7 Å². The lowest BCUT2D eigenvalue weighted by Gasteiger charge is -2.19. The van der Waals surface area contributed by atoms with E-state index >= 15 is 0 Å². The van der Waals surface area contributed by atoms with Crippen molar-refractivity contribution in [1.82, 2.24) is 19.7 Å². The minimum Gasteiger partial charge on any atom is -0.364 e. The van der Waals surface area contributed by atoms with Gasteiger partial charge in [-0.2, -0.15) is 15.3 Å². The van der Waals surface area contributed by atoms with Crippen LogP contribution in [-0.4, -0.2) is 25.3 Å². The molecule has 0 aliphatic heterocycles. The van der Waals surface area contributed by atoms with Gasteiger partial charge in [-0.1, -0.05) is 0 Å². The molecule has 0 bridgehead atoms. The fourth-order valence-electron chi connectivity index (χ4n) is 3.19. The van der Waals surface area contributed by atoms with Crippen LogP contribution in [0.15, 0.2) is 12.4 Å². The molecule has 2 N–H and O–H groups in total. The summed E-state index contributed by atoms with van der Waals surface area (Å²) in [5.74, 6) is -2.67. The summed E-state index contributed by atoms with van der Waals surface area (Å²) in [6.07, 6.45) is 5.56. The zero-order valence-corrected chi connectivity index (χ0v) is 16.3. The van der Waals surface area contributed by atoms with Gasteiger partial charge in [-0.25, -0.2) is 13.8 Å². The number of halogens is 2. The Bertz CT molecular complexity index is 968. The van der Waals surface area contributed by atoms with Gasteiger partial charge in [0.25, 0.3) is 5.92 Å². The largest absolute Gasteiger partial charge is 0.364 e. The van der Waals surface area contributed by atoms with Gasteiger partial charge in [0.2, 0.25) is 5.95 Å². The highest BCUT2D eigenvalue weighted by Crippen LogP contribution is 2.55. The Morgan fingerprint density at radius 3 is 2.64 bits per heavy atom. The van der Waals surface area contributed by atoms with Crippen LogP contribution in [0.25, 0.3) is 0 Å². The van der Waals surface area contributed by atoms with Crippen LogP contribution in [0.3, 0.4) is 0 Å². The molecular weight excluding hydrogens is 364 g/mol. The Morgan fingerprint density at radius 2 is 2.07 bits per heavy atom. The van der Waals surface area contributed by atoms with Gasteiger partial charge in [-0.15, -0.1) is 0 Å². The Hall–Kier alpha value is -2.76. The third kappa shape index (κ3) is 3.39. The molecule has 0 saturated heterocycles. The standard InChI is InChI=1S/C19H23F2N7/c1-11-13(9-28(27-11)14-7-17(14,2)10-22)24-16-23-8-12(19(4,20)21)15(25-16)26-18(3)5-6-18/h8-9,14H,5-7H2,1-4H3,(H2,23,24,25,26)/t14?,17-/m0/s1. The molecule has 0 aromatic carbocycles. The highest BCUT2D eigenvalue weighted by Gasteiger charge is 2.53. The van der Waals surface area contributed by atoms with E-state index in [9.17, 15) is 14.0 Å². The lowest BCUT2D eigenvalue weighted by molar-refractivity contribution is 0.0175. The van der Waals surface area contributed by atoms with Crippen LogP contribution in [0.2, 0.25) is 0 Å². The molecule has 1 unspecified atom stereocenters. The SMILES string of the molecule is Cc1nn(C2C[C@@]2(C)C#N)cc1Nc1ncc(C(C)(F)F)c(NC2(C)CC2)n1. The monoisotopic (exact) mass is 387 g/mol. The average Bonchev–Trinajstić information content (AvgIpc) is 3.47. The maximum Gasteiger partial charge on any atom is 0.275 e. The predicted molar refractivity (Wildman–Crippen MR) is 100 cm³/mol. The molecule has 0 radical (unpaired) electrons. The van der Waals surface area contributed by atoms with Crippen LogP contribution in [0.5, 0.6) is 0 Å². The second-order valence-corrected chi connectivity index (χ2v) is 8.51. The first-order valence-corrected chi connectivity index (χ1v) is 9.31. The average molecular weight is 387 g/mol. The second kappa shape index (κ2) is 5.87. The number of nitriles is 1. The van der Waals surface area contributed by atoms with E-state index in [4.69, 9.17) is 0 Å². The second-order valence-electron chi connectivity index (χ2n) is 8.51. The van der Waals surface area contributed by atoms with Crippen molar-refractivity contribution in [3.63, 3.8) is 0 Å². The summed E-state index contributed by atoms with van der Waals surface area (Å²) in [6, 6.07) is 2.35. The highest BCUT2D eigenvalue weighted by atomic mass is 19.3. The van der Waals surface area contributed by atoms with E-state index in [1.165, 1.54) is 0 Å². The zero-order chi connectivity index (χ0) is 20.3. The van der Waals surface area contributed by atoms with E-state index in [1.54, 1.807) is 4.68 Å². The molecule has 2 fully saturated rings. The predicted octanol–water partition coefficient (Wildman–Crippen LogP) is 4.28. The number of hydrogen-bond donors (Lipinski definition) is 2. The molecule has 148 valence electrons. The molecule has 0 spiro atoms. The fraction of sp³-hybridized carbons (Fsp3) is 0.579. The number of hydrogen-bond acceptors (Lipinski definition) is 6. The van der Waals surface area contributed by atoms with Crippen molar-refractivity contribution >= 4 is 17.5 Å². The topological polar surface area (TPSA) is 91.5 Å². The van der Waals surface area contributed by atoms with Crippen molar-refractivity contribution in [2.75, 3.05) is 10.6 Å². The molecule has 0 amide bonds. The molecule has 9 heteroatoms. The summed E-state index contributed by atoms with van der Waals surface area (Å²) in [4.78, 5) is 8.39. The quantitative estimate of drug-likeness (QED) is 0.769. The summed E-state index contributed by atoms with van der Waals surface area (Å²) in [5.41, 5.74) is 0.606. The van der Waals surface area contributed by atoms with Crippen LogP contribution < -0.4 is 10.6 Å². The summed E-state index contributed by atoms with van der Waals surface area (Å²) < 4.78 is 29.7. The minimum atomic E-state index is -3.04. The molecular formula is C19H23F2N7. The number of nitrogens with one attached hydrogen (secondary N) is 2. The molecule has 2 atom stereocenters. The summed E-state index contributed by atoms with van der Waals surface area (Å²) >= 11 is 0. The first kappa shape index (κ1) is 18.6. The molecule has 7 nitrogen and oxygen atoms in total. The van der Waals surface area contributed by atoms with Crippen molar-refractivity contribution in [3.05, 3.63) is 23.7 Å². The van der Waals surface area contributed by atoms with Gasteiger partial charge < -0.3 is 10.6 Å². The molecule has 2 aromatic rings. The number of anilines is 3. The maximum absolute atomic E-state index is 14.0. The molecule has 28 heavy (non-hydrogen) atoms. The minimum absolute atomic E-state index is 0.0425. The molecule has 2 heterocycles. The third-order valence-corrected chi connectivity index (χ3v) is 5.61. The lowest BCUT2D eigenvalue weighted by Crippen LogP contribution is -2.22. The smallest absolute Gasteiger partial charge is 0.275 e. The maximum atomic E-state index is 14.0. The third-order valence-electron chi connectivity index (χ3n) is 5.61. The van der Waals surface area contributed by atoms with Gasteiger partial charge in [0, 0.05) is 24.9 Å². The van der Waals surface area contributed by atoms with E-state index in [-0.39, 0.29) is 28.9 Å². The summed E-state index contributed by atoms with van der Waals surface area (Å²) in [7, 11) is 0. The van der Waals surface area contributed by atoms with E-state index in [0.29, 0.717) is 5.69 Å². The number of aromatic nitrogens is 4. The number of rotatable bonds is 6. The van der Waals surface area contributed by atoms with Gasteiger partial charge in [-0.05, 0) is 40.0 Å². The summed E-state index contributed by atoms with van der Waals surface area (Å²) in [5, 5.41) is 19.9. The molecule has 2 aromatic heterocycles. The number of alkyl halides is 2. The number of aryl methyl sites for hydroxylation is 1. The number of nitrogens with zero attached hydrogens (tertiary/aromatic N) is 5. The molecule has 2 aliphatic rings. The zero-order valence-electron chi connectivity index (χ0n) is 16.3. The molecule has 4 rings (SSSR count). The van der Waals surface area contributed by atoms with Crippen LogP contribution in [-0.2, 0) is 5.92 Å². The molecule has 2 saturated carbocycles. The first-order valence-electron chi connectivity index (χ1n) is 9.31. The van der Waals surface area contributed by atoms with Gasteiger partial charge in [0.1, 0.15) is 5.82 Å². The van der Waals surface area contributed by atoms with E-state index < -0.39 is 11.3 Å². The van der Waals surface area contributed by atoms with Gasteiger partial charge >= 0.3 is 0 Å². The Labute approximate surface area is 162 Å². The van der Waals surface area contributed by atoms with Crippen molar-refractivity contribution < 1.29 is 8.78 Å². The highest BCUT2D eigenvalue weighted by molar-refractivity contribution is 5.59. The Balaban J connectivity index is 1.59. The Morgan fingerprint density at radius 1 is 1.36 bits per heavy atom. The summed E-state index contributed by atoms with van der Waals surface area (Å²) in [6.45, 7) is 6.57. The van der Waals surface area contributed by atoms with Gasteiger partial charge in [-0.3, -0.25) is 4.68 Å². The van der Waals surface area contributed by atoms with Crippen molar-refractivity contribution in [2.45, 2.75) is 64.5 Å². The lowest BCUT2D eigenvalue weighted by atomic mass is 10.1. The van der Waals surface area contributed by atoms with E-state index in [2.05, 4.69) is 31.8 Å². The van der Waals surface area contributed by atoms with E-state index in [1.807, 2.05) is 27.0 Å². The Kier molecular flexibility index (Phi) is 3.90. The van der Waals surface area contributed by atoms with Crippen molar-refractivity contribution in [2.24, 2.45) is 5.41 Å². The van der Waals surface area contributed by atoms with Gasteiger partial charge in [0.05, 0.1) is 34.5 Å².